The second-order valence-electron chi connectivity index (χ2n) is 4.16. The highest BCUT2D eigenvalue weighted by molar-refractivity contribution is 7.07. The number of hydrogen-bond donors (Lipinski definition) is 1. The summed E-state index contributed by atoms with van der Waals surface area (Å²) in [5, 5.41) is 4.13. The van der Waals surface area contributed by atoms with Crippen molar-refractivity contribution in [1.29, 1.82) is 0 Å². The largest absolute Gasteiger partial charge is 0.366 e. The Balaban J connectivity index is 1.76. The Morgan fingerprint density at radius 2 is 2.44 bits per heavy atom. The number of thiophene rings is 1. The highest BCUT2D eigenvalue weighted by Crippen LogP contribution is 2.21. The molecule has 1 aliphatic rings. The molecule has 2 N–H and O–H groups in total. The Labute approximate surface area is 99.6 Å². The number of hydrogen-bond acceptors (Lipinski definition) is 4. The molecule has 2 heterocycles. The molecule has 1 saturated heterocycles. The van der Waals surface area contributed by atoms with Crippen LogP contribution in [0.25, 0.3) is 0 Å². The van der Waals surface area contributed by atoms with Gasteiger partial charge in [0.25, 0.3) is 0 Å². The lowest BCUT2D eigenvalue weighted by Crippen LogP contribution is -2.25. The summed E-state index contributed by atoms with van der Waals surface area (Å²) in [6, 6.07) is 2.07. The topological polar surface area (TPSA) is 52.3 Å². The van der Waals surface area contributed by atoms with Crippen molar-refractivity contribution in [1.82, 2.24) is 0 Å². The summed E-state index contributed by atoms with van der Waals surface area (Å²) in [5.74, 6) is 0.224. The van der Waals surface area contributed by atoms with Crippen molar-refractivity contribution in [3.8, 4) is 0 Å². The standard InChI is InChI=1S/C12H17NO2S/c13-7-10-2-4-12(15-10)11(14)3-1-9-5-6-16-8-9/h5-6,8,10,12H,1-4,7,13H2. The van der Waals surface area contributed by atoms with Crippen molar-refractivity contribution in [3.63, 3.8) is 0 Å². The fourth-order valence-corrected chi connectivity index (χ4v) is 2.68. The van der Waals surface area contributed by atoms with E-state index >= 15 is 0 Å². The first-order valence-corrected chi connectivity index (χ1v) is 6.63. The van der Waals surface area contributed by atoms with Crippen LogP contribution >= 0.6 is 11.3 Å². The van der Waals surface area contributed by atoms with Gasteiger partial charge >= 0.3 is 0 Å². The van der Waals surface area contributed by atoms with E-state index < -0.39 is 0 Å². The van der Waals surface area contributed by atoms with E-state index in [0.717, 1.165) is 19.3 Å². The minimum Gasteiger partial charge on any atom is -0.366 e. The smallest absolute Gasteiger partial charge is 0.161 e. The van der Waals surface area contributed by atoms with Gasteiger partial charge in [0.2, 0.25) is 0 Å². The molecule has 4 heteroatoms. The molecule has 1 aromatic rings. The number of rotatable bonds is 5. The van der Waals surface area contributed by atoms with E-state index in [9.17, 15) is 4.79 Å². The maximum absolute atomic E-state index is 11.8. The van der Waals surface area contributed by atoms with E-state index in [-0.39, 0.29) is 18.0 Å². The number of ether oxygens (including phenoxy) is 1. The molecule has 0 saturated carbocycles. The SMILES string of the molecule is NCC1CCC(C(=O)CCc2ccsc2)O1. The van der Waals surface area contributed by atoms with Gasteiger partial charge in [-0.25, -0.2) is 0 Å². The predicted molar refractivity (Wildman–Crippen MR) is 64.6 cm³/mol. The minimum atomic E-state index is -0.202. The van der Waals surface area contributed by atoms with Crippen molar-refractivity contribution in [2.24, 2.45) is 5.73 Å². The van der Waals surface area contributed by atoms with Crippen LogP contribution in [0, 0.1) is 0 Å². The molecule has 1 fully saturated rings. The summed E-state index contributed by atoms with van der Waals surface area (Å²) >= 11 is 1.67. The first kappa shape index (κ1) is 11.8. The van der Waals surface area contributed by atoms with Crippen LogP contribution in [0.4, 0.5) is 0 Å². The number of aryl methyl sites for hydroxylation is 1. The number of Topliss-reactive ketones (excluding diaryl/α,β-unsaturated/α-hetero) is 1. The lowest BCUT2D eigenvalue weighted by molar-refractivity contribution is -0.129. The highest BCUT2D eigenvalue weighted by atomic mass is 32.1. The first-order chi connectivity index (χ1) is 7.79. The zero-order chi connectivity index (χ0) is 11.4. The molecule has 2 unspecified atom stereocenters. The molecule has 88 valence electrons. The Morgan fingerprint density at radius 1 is 1.56 bits per heavy atom. The van der Waals surface area contributed by atoms with Gasteiger partial charge in [-0.05, 0) is 41.7 Å². The Bertz CT molecular complexity index is 337. The Kier molecular flexibility index (Phi) is 4.09. The zero-order valence-electron chi connectivity index (χ0n) is 9.22. The molecule has 2 rings (SSSR count). The molecule has 16 heavy (non-hydrogen) atoms. The van der Waals surface area contributed by atoms with Gasteiger partial charge in [-0.15, -0.1) is 0 Å². The Morgan fingerprint density at radius 3 is 3.06 bits per heavy atom. The third-order valence-electron chi connectivity index (χ3n) is 2.97. The quantitative estimate of drug-likeness (QED) is 0.851. The number of nitrogens with two attached hydrogens (primary N) is 1. The molecular formula is C12H17NO2S. The van der Waals surface area contributed by atoms with Crippen LogP contribution in [0.2, 0.25) is 0 Å². The van der Waals surface area contributed by atoms with Crippen LogP contribution < -0.4 is 5.73 Å². The molecule has 0 radical (unpaired) electrons. The van der Waals surface area contributed by atoms with Gasteiger partial charge in [-0.3, -0.25) is 4.79 Å². The maximum atomic E-state index is 11.8. The molecule has 0 aromatic carbocycles. The summed E-state index contributed by atoms with van der Waals surface area (Å²) in [7, 11) is 0. The molecule has 0 bridgehead atoms. The molecule has 0 aliphatic carbocycles. The zero-order valence-corrected chi connectivity index (χ0v) is 10.0. The second kappa shape index (κ2) is 5.57. The molecular weight excluding hydrogens is 222 g/mol. The van der Waals surface area contributed by atoms with E-state index in [1.54, 1.807) is 11.3 Å². The summed E-state index contributed by atoms with van der Waals surface area (Å²) in [6.07, 6.45) is 3.06. The second-order valence-corrected chi connectivity index (χ2v) is 4.94. The number of carbonyl (C=O) groups is 1. The van der Waals surface area contributed by atoms with Crippen LogP contribution in [-0.4, -0.2) is 24.5 Å². The van der Waals surface area contributed by atoms with E-state index in [2.05, 4.69) is 11.4 Å². The Hall–Kier alpha value is -0.710. The summed E-state index contributed by atoms with van der Waals surface area (Å²) in [6.45, 7) is 0.522. The van der Waals surface area contributed by atoms with Gasteiger partial charge < -0.3 is 10.5 Å². The lowest BCUT2D eigenvalue weighted by Gasteiger charge is -2.10. The van der Waals surface area contributed by atoms with Gasteiger partial charge in [0.15, 0.2) is 5.78 Å². The number of carbonyl (C=O) groups excluding carboxylic acids is 1. The van der Waals surface area contributed by atoms with Crippen molar-refractivity contribution in [2.45, 2.75) is 37.9 Å². The van der Waals surface area contributed by atoms with Crippen molar-refractivity contribution in [2.75, 3.05) is 6.54 Å². The third kappa shape index (κ3) is 2.90. The number of ketones is 1. The molecule has 1 aromatic heterocycles. The van der Waals surface area contributed by atoms with Gasteiger partial charge in [-0.2, -0.15) is 11.3 Å². The first-order valence-electron chi connectivity index (χ1n) is 5.69. The van der Waals surface area contributed by atoms with Crippen LogP contribution in [0.3, 0.4) is 0 Å². The molecule has 3 nitrogen and oxygen atoms in total. The maximum Gasteiger partial charge on any atom is 0.161 e. The van der Waals surface area contributed by atoms with Gasteiger partial charge in [0.05, 0.1) is 6.10 Å². The van der Waals surface area contributed by atoms with Crippen molar-refractivity contribution >= 4 is 17.1 Å². The van der Waals surface area contributed by atoms with Gasteiger partial charge in [-0.1, -0.05) is 0 Å². The van der Waals surface area contributed by atoms with E-state index in [0.29, 0.717) is 13.0 Å². The van der Waals surface area contributed by atoms with Crippen LogP contribution in [0.1, 0.15) is 24.8 Å². The molecule has 0 amide bonds. The fraction of sp³-hybridized carbons (Fsp3) is 0.583. The predicted octanol–water partition coefficient (Wildman–Crippen LogP) is 1.76. The average Bonchev–Trinajstić information content (AvgIpc) is 2.96. The van der Waals surface area contributed by atoms with Gasteiger partial charge in [0, 0.05) is 13.0 Å². The van der Waals surface area contributed by atoms with Crippen LogP contribution in [-0.2, 0) is 16.0 Å². The summed E-state index contributed by atoms with van der Waals surface area (Å²) in [4.78, 5) is 11.8. The third-order valence-corrected chi connectivity index (χ3v) is 3.70. The highest BCUT2D eigenvalue weighted by Gasteiger charge is 2.29. The van der Waals surface area contributed by atoms with Crippen molar-refractivity contribution < 1.29 is 9.53 Å². The molecule has 0 spiro atoms. The van der Waals surface area contributed by atoms with Crippen LogP contribution in [0.15, 0.2) is 16.8 Å². The van der Waals surface area contributed by atoms with E-state index in [1.165, 1.54) is 5.56 Å². The van der Waals surface area contributed by atoms with Gasteiger partial charge in [0.1, 0.15) is 6.10 Å². The van der Waals surface area contributed by atoms with E-state index in [4.69, 9.17) is 10.5 Å². The summed E-state index contributed by atoms with van der Waals surface area (Å²) < 4.78 is 5.57. The van der Waals surface area contributed by atoms with Crippen LogP contribution in [0.5, 0.6) is 0 Å². The monoisotopic (exact) mass is 239 g/mol. The minimum absolute atomic E-state index is 0.0927. The van der Waals surface area contributed by atoms with E-state index in [1.807, 2.05) is 5.38 Å². The lowest BCUT2D eigenvalue weighted by atomic mass is 10.0. The van der Waals surface area contributed by atoms with Crippen molar-refractivity contribution in [3.05, 3.63) is 22.4 Å². The average molecular weight is 239 g/mol. The summed E-state index contributed by atoms with van der Waals surface area (Å²) in [5.41, 5.74) is 6.75. The molecule has 1 aliphatic heterocycles. The fourth-order valence-electron chi connectivity index (χ4n) is 1.98. The normalized spacial score (nSPS) is 24.8. The molecule has 2 atom stereocenters.